The molecule has 0 aliphatic carbocycles. The Morgan fingerprint density at radius 2 is 0.750 bits per heavy atom. The zero-order chi connectivity index (χ0) is 28.7. The van der Waals surface area contributed by atoms with E-state index in [0.29, 0.717) is 38.5 Å². The highest BCUT2D eigenvalue weighted by atomic mass is 32.1. The molecule has 3 rings (SSSR count). The van der Waals surface area contributed by atoms with Gasteiger partial charge >= 0.3 is 26.5 Å². The Morgan fingerprint density at radius 1 is 0.500 bits per heavy atom. The molecule has 0 saturated carbocycles. The first kappa shape index (κ1) is 32.1. The molecule has 0 bridgehead atoms. The smallest absolute Gasteiger partial charge is 0.374 e. The quantitative estimate of drug-likeness (QED) is 0.131. The summed E-state index contributed by atoms with van der Waals surface area (Å²) < 4.78 is 16.1. The number of thiol groups is 3. The summed E-state index contributed by atoms with van der Waals surface area (Å²) >= 11 is 13.1. The van der Waals surface area contributed by atoms with E-state index in [0.717, 1.165) is 16.7 Å². The molecule has 0 aliphatic rings. The predicted molar refractivity (Wildman–Crippen MR) is 168 cm³/mol. The summed E-state index contributed by atoms with van der Waals surface area (Å²) in [7, 11) is -2.67. The minimum Gasteiger partial charge on any atom is -0.374 e. The van der Waals surface area contributed by atoms with Crippen LogP contribution in [-0.2, 0) is 47.2 Å². The molecule has 0 radical (unpaired) electrons. The Labute approximate surface area is 253 Å². The maximum Gasteiger partial charge on any atom is 0.537 e. The number of hydrogen-bond acceptors (Lipinski definition) is 9. The molecule has 3 atom stereocenters. The van der Waals surface area contributed by atoms with Crippen molar-refractivity contribution < 1.29 is 28.0 Å². The number of aryl methyl sites for hydroxylation is 3. The van der Waals surface area contributed by atoms with Crippen LogP contribution in [0.4, 0.5) is 0 Å². The lowest BCUT2D eigenvalue weighted by molar-refractivity contribution is -0.141. The van der Waals surface area contributed by atoms with Gasteiger partial charge in [-0.15, -0.1) is 0 Å². The van der Waals surface area contributed by atoms with Crippen molar-refractivity contribution in [2.24, 2.45) is 0 Å². The third-order valence-corrected chi connectivity index (χ3v) is 8.35. The van der Waals surface area contributed by atoms with E-state index < -0.39 is 42.3 Å². The Balaban J connectivity index is 1.58. The van der Waals surface area contributed by atoms with E-state index in [2.05, 4.69) is 37.9 Å². The fourth-order valence-electron chi connectivity index (χ4n) is 3.66. The van der Waals surface area contributed by atoms with Crippen molar-refractivity contribution in [3.63, 3.8) is 0 Å². The topological polar surface area (TPSA) is 78.9 Å². The first-order valence-corrected chi connectivity index (χ1v) is 15.6. The van der Waals surface area contributed by atoms with Gasteiger partial charge in [0, 0.05) is 0 Å². The van der Waals surface area contributed by atoms with Gasteiger partial charge < -0.3 is 13.6 Å². The second kappa shape index (κ2) is 17.4. The molecule has 6 nitrogen and oxygen atoms in total. The van der Waals surface area contributed by atoms with Crippen LogP contribution in [0.3, 0.4) is 0 Å². The highest BCUT2D eigenvalue weighted by Crippen LogP contribution is 2.42. The van der Waals surface area contributed by atoms with Gasteiger partial charge in [-0.1, -0.05) is 91.0 Å². The average Bonchev–Trinajstić information content (AvgIpc) is 2.98. The van der Waals surface area contributed by atoms with Crippen LogP contribution in [0.1, 0.15) is 36.0 Å². The van der Waals surface area contributed by atoms with E-state index in [1.807, 2.05) is 91.0 Å². The summed E-state index contributed by atoms with van der Waals surface area (Å²) in [6, 6.07) is 28.9. The Hall–Kier alpha value is -2.45. The van der Waals surface area contributed by atoms with E-state index in [4.69, 9.17) is 13.6 Å². The molecule has 0 N–H and O–H groups in total. The van der Waals surface area contributed by atoms with E-state index in [-0.39, 0.29) is 0 Å². The lowest BCUT2D eigenvalue weighted by Gasteiger charge is -2.20. The van der Waals surface area contributed by atoms with Gasteiger partial charge in [0.05, 0.1) is 0 Å². The van der Waals surface area contributed by atoms with Crippen molar-refractivity contribution in [3.05, 3.63) is 108 Å². The molecule has 40 heavy (non-hydrogen) atoms. The van der Waals surface area contributed by atoms with E-state index in [1.165, 1.54) is 0 Å². The minimum absolute atomic E-state index is 0.384. The third kappa shape index (κ3) is 11.6. The average molecular weight is 617 g/mol. The summed E-state index contributed by atoms with van der Waals surface area (Å²) in [6.45, 7) is 0. The normalized spacial score (nSPS) is 13.9. The fraction of sp³-hybridized carbons (Fsp3) is 0.300. The number of hydrogen-bond donors (Lipinski definition) is 3. The maximum absolute atomic E-state index is 12.8. The second-order valence-electron chi connectivity index (χ2n) is 9.07. The minimum atomic E-state index is -2.67. The molecule has 0 aromatic heterocycles. The number of rotatable bonds is 15. The van der Waals surface area contributed by atoms with Crippen LogP contribution < -0.4 is 0 Å². The molecule has 3 aromatic rings. The highest BCUT2D eigenvalue weighted by molar-refractivity contribution is 7.82. The molecule has 0 fully saturated rings. The standard InChI is InChI=1S/C30H33O6PS3/c31-28(25(38)19-16-22-10-4-1-5-11-22)34-37(35-29(32)26(39)20-17-23-12-6-2-7-13-23)36-30(33)27(40)21-18-24-14-8-3-9-15-24/h1-15,25-27,38-40H,16-21H2. The van der Waals surface area contributed by atoms with Crippen molar-refractivity contribution in [2.75, 3.05) is 0 Å². The second-order valence-corrected chi connectivity index (χ2v) is 11.9. The molecule has 10 heteroatoms. The van der Waals surface area contributed by atoms with Gasteiger partial charge in [-0.3, -0.25) is 14.4 Å². The van der Waals surface area contributed by atoms with Crippen LogP contribution in [-0.4, -0.2) is 33.7 Å². The fourth-order valence-corrected chi connectivity index (χ4v) is 5.39. The van der Waals surface area contributed by atoms with Crippen LogP contribution in [0, 0.1) is 0 Å². The van der Waals surface area contributed by atoms with Gasteiger partial charge in [0.1, 0.15) is 15.7 Å². The molecule has 0 heterocycles. The van der Waals surface area contributed by atoms with Crippen molar-refractivity contribution in [1.29, 1.82) is 0 Å². The number of carbonyl (C=O) groups excluding carboxylic acids is 3. The molecule has 3 unspecified atom stereocenters. The summed E-state index contributed by atoms with van der Waals surface area (Å²) in [5.41, 5.74) is 3.13. The van der Waals surface area contributed by atoms with Crippen molar-refractivity contribution in [3.8, 4) is 0 Å². The molecule has 212 valence electrons. The Kier molecular flexibility index (Phi) is 13.9. The molecule has 0 spiro atoms. The predicted octanol–water partition coefficient (Wildman–Crippen LogP) is 6.64. The van der Waals surface area contributed by atoms with Crippen LogP contribution in [0.5, 0.6) is 0 Å². The molecule has 0 saturated heterocycles. The molecule has 3 aromatic carbocycles. The third-order valence-electron chi connectivity index (χ3n) is 5.96. The zero-order valence-corrected chi connectivity index (χ0v) is 25.5. The van der Waals surface area contributed by atoms with Gasteiger partial charge in [-0.05, 0) is 55.2 Å². The van der Waals surface area contributed by atoms with E-state index in [9.17, 15) is 14.4 Å². The van der Waals surface area contributed by atoms with E-state index >= 15 is 0 Å². The summed E-state index contributed by atoms with van der Waals surface area (Å²) in [5, 5.41) is -2.42. The van der Waals surface area contributed by atoms with Gasteiger partial charge in [0.2, 0.25) is 0 Å². The van der Waals surface area contributed by atoms with Gasteiger partial charge in [0.15, 0.2) is 0 Å². The summed E-state index contributed by atoms with van der Waals surface area (Å²) in [4.78, 5) is 38.4. The Bertz CT molecular complexity index is 1050. The zero-order valence-electron chi connectivity index (χ0n) is 21.9. The number of benzene rings is 3. The largest absolute Gasteiger partial charge is 0.537 e. The number of carbonyl (C=O) groups is 3. The van der Waals surface area contributed by atoms with Crippen LogP contribution in [0.2, 0.25) is 0 Å². The summed E-state index contributed by atoms with van der Waals surface area (Å²) in [5.74, 6) is -2.23. The van der Waals surface area contributed by atoms with Gasteiger partial charge in [0.25, 0.3) is 0 Å². The monoisotopic (exact) mass is 616 g/mol. The van der Waals surface area contributed by atoms with Crippen LogP contribution in [0.15, 0.2) is 91.0 Å². The van der Waals surface area contributed by atoms with Crippen LogP contribution >= 0.6 is 46.5 Å². The van der Waals surface area contributed by atoms with Gasteiger partial charge in [-0.25, -0.2) is 0 Å². The molecular weight excluding hydrogens is 583 g/mol. The summed E-state index contributed by atoms with van der Waals surface area (Å²) in [6.07, 6.45) is 2.94. The molecule has 0 amide bonds. The molecule has 0 aliphatic heterocycles. The lowest BCUT2D eigenvalue weighted by Crippen LogP contribution is -2.24. The maximum atomic E-state index is 12.8. The first-order chi connectivity index (χ1) is 19.3. The van der Waals surface area contributed by atoms with Crippen molar-refractivity contribution in [1.82, 2.24) is 0 Å². The SMILES string of the molecule is O=C(OP(OC(=O)C(S)CCc1ccccc1)OC(=O)C(S)CCc1ccccc1)C(S)CCc1ccccc1. The first-order valence-electron chi connectivity index (χ1n) is 12.9. The van der Waals surface area contributed by atoms with Gasteiger partial charge in [-0.2, -0.15) is 37.9 Å². The van der Waals surface area contributed by atoms with Crippen molar-refractivity contribution >= 4 is 64.4 Å². The Morgan fingerprint density at radius 3 is 1.00 bits per heavy atom. The van der Waals surface area contributed by atoms with Crippen LogP contribution in [0.25, 0.3) is 0 Å². The highest BCUT2D eigenvalue weighted by Gasteiger charge is 2.33. The van der Waals surface area contributed by atoms with Crippen molar-refractivity contribution in [2.45, 2.75) is 54.3 Å². The lowest BCUT2D eigenvalue weighted by atomic mass is 10.1. The molecular formula is C30H33O6PS3. The van der Waals surface area contributed by atoms with E-state index in [1.54, 1.807) is 0 Å².